The third kappa shape index (κ3) is 1.96. The van der Waals surface area contributed by atoms with Crippen LogP contribution in [0.25, 0.3) is 0 Å². The van der Waals surface area contributed by atoms with Gasteiger partial charge >= 0.3 is 0 Å². The summed E-state index contributed by atoms with van der Waals surface area (Å²) in [7, 11) is 0. The lowest BCUT2D eigenvalue weighted by atomic mass is 9.86. The molecule has 20 heavy (non-hydrogen) atoms. The quantitative estimate of drug-likeness (QED) is 0.847. The molecule has 0 radical (unpaired) electrons. The Labute approximate surface area is 120 Å². The first-order valence-electron chi connectivity index (χ1n) is 7.46. The van der Waals surface area contributed by atoms with Gasteiger partial charge in [-0.05, 0) is 44.7 Å². The number of hydrogen-bond donors (Lipinski definition) is 0. The molecule has 3 nitrogen and oxygen atoms in total. The lowest BCUT2D eigenvalue weighted by Crippen LogP contribution is -2.37. The summed E-state index contributed by atoms with van der Waals surface area (Å²) in [5.74, 6) is 0.701. The van der Waals surface area contributed by atoms with Crippen LogP contribution in [-0.4, -0.2) is 18.2 Å². The van der Waals surface area contributed by atoms with Crippen molar-refractivity contribution in [3.63, 3.8) is 0 Å². The van der Waals surface area contributed by atoms with Crippen molar-refractivity contribution >= 4 is 17.4 Å². The van der Waals surface area contributed by atoms with E-state index < -0.39 is 5.41 Å². The fourth-order valence-corrected chi connectivity index (χ4v) is 3.50. The summed E-state index contributed by atoms with van der Waals surface area (Å²) in [4.78, 5) is 26.2. The molecule has 1 unspecified atom stereocenters. The highest BCUT2D eigenvalue weighted by Gasteiger charge is 2.43. The zero-order chi connectivity index (χ0) is 14.3. The molecule has 1 aliphatic carbocycles. The van der Waals surface area contributed by atoms with Gasteiger partial charge in [0.05, 0.1) is 5.41 Å². The van der Waals surface area contributed by atoms with Gasteiger partial charge in [-0.15, -0.1) is 0 Å². The highest BCUT2D eigenvalue weighted by Crippen LogP contribution is 2.41. The van der Waals surface area contributed by atoms with E-state index in [9.17, 15) is 9.59 Å². The molecule has 0 bridgehead atoms. The van der Waals surface area contributed by atoms with Crippen molar-refractivity contribution in [2.45, 2.75) is 44.9 Å². The largest absolute Gasteiger partial charge is 0.311 e. The molecule has 0 N–H and O–H groups in total. The van der Waals surface area contributed by atoms with Crippen molar-refractivity contribution in [2.24, 2.45) is 5.92 Å². The Kier molecular flexibility index (Phi) is 3.15. The molecule has 1 aromatic carbocycles. The number of ketones is 1. The molecule has 0 saturated heterocycles. The van der Waals surface area contributed by atoms with E-state index in [1.54, 1.807) is 0 Å². The Morgan fingerprint density at radius 3 is 2.70 bits per heavy atom. The van der Waals surface area contributed by atoms with Gasteiger partial charge in [0.15, 0.2) is 0 Å². The molecular formula is C17H21NO2. The number of anilines is 1. The Balaban J connectivity index is 1.80. The number of amides is 1. The van der Waals surface area contributed by atoms with Crippen molar-refractivity contribution < 1.29 is 9.59 Å². The molecule has 3 rings (SSSR count). The van der Waals surface area contributed by atoms with Crippen LogP contribution in [0.15, 0.2) is 24.3 Å². The molecule has 1 atom stereocenters. The molecule has 106 valence electrons. The van der Waals surface area contributed by atoms with E-state index in [0.29, 0.717) is 12.3 Å². The summed E-state index contributed by atoms with van der Waals surface area (Å²) in [5.41, 5.74) is 1.67. The second-order valence-corrected chi connectivity index (χ2v) is 6.44. The molecule has 0 aromatic heterocycles. The van der Waals surface area contributed by atoms with Gasteiger partial charge in [-0.3, -0.25) is 9.59 Å². The Bertz CT molecular complexity index is 562. The van der Waals surface area contributed by atoms with Gasteiger partial charge in [-0.1, -0.05) is 18.2 Å². The SMILES string of the molecule is CC1(C)C(=O)N(CCC2CCCC2=O)c2ccccc21. The van der Waals surface area contributed by atoms with Gasteiger partial charge < -0.3 is 4.90 Å². The van der Waals surface area contributed by atoms with Crippen molar-refractivity contribution in [1.82, 2.24) is 0 Å². The number of Topliss-reactive ketones (excluding diaryl/α,β-unsaturated/α-hetero) is 1. The van der Waals surface area contributed by atoms with Gasteiger partial charge in [0.25, 0.3) is 0 Å². The van der Waals surface area contributed by atoms with Crippen LogP contribution in [0.3, 0.4) is 0 Å². The molecule has 1 aliphatic heterocycles. The van der Waals surface area contributed by atoms with Crippen LogP contribution >= 0.6 is 0 Å². The first kappa shape index (κ1) is 13.3. The van der Waals surface area contributed by atoms with Gasteiger partial charge in [0, 0.05) is 24.6 Å². The van der Waals surface area contributed by atoms with Gasteiger partial charge in [0.2, 0.25) is 5.91 Å². The van der Waals surface area contributed by atoms with Crippen LogP contribution < -0.4 is 4.90 Å². The first-order valence-corrected chi connectivity index (χ1v) is 7.46. The normalized spacial score (nSPS) is 24.3. The summed E-state index contributed by atoms with van der Waals surface area (Å²) >= 11 is 0. The van der Waals surface area contributed by atoms with Crippen LogP contribution in [0.4, 0.5) is 5.69 Å². The Morgan fingerprint density at radius 1 is 1.25 bits per heavy atom. The van der Waals surface area contributed by atoms with Crippen molar-refractivity contribution in [3.05, 3.63) is 29.8 Å². The predicted octanol–water partition coefficient (Wildman–Crippen LogP) is 3.07. The van der Waals surface area contributed by atoms with Crippen molar-refractivity contribution in [3.8, 4) is 0 Å². The minimum atomic E-state index is -0.448. The van der Waals surface area contributed by atoms with Gasteiger partial charge in [0.1, 0.15) is 5.78 Å². The summed E-state index contributed by atoms with van der Waals surface area (Å²) in [6.07, 6.45) is 3.53. The highest BCUT2D eigenvalue weighted by molar-refractivity contribution is 6.07. The third-order valence-corrected chi connectivity index (χ3v) is 4.78. The maximum atomic E-state index is 12.6. The number of benzene rings is 1. The zero-order valence-corrected chi connectivity index (χ0v) is 12.2. The lowest BCUT2D eigenvalue weighted by Gasteiger charge is -2.21. The molecule has 1 aromatic rings. The fourth-order valence-electron chi connectivity index (χ4n) is 3.50. The van der Waals surface area contributed by atoms with Crippen LogP contribution in [0.2, 0.25) is 0 Å². The average molecular weight is 271 g/mol. The number of para-hydroxylation sites is 1. The summed E-state index contributed by atoms with van der Waals surface area (Å²) in [6.45, 7) is 4.62. The number of hydrogen-bond acceptors (Lipinski definition) is 2. The van der Waals surface area contributed by atoms with Crippen LogP contribution in [-0.2, 0) is 15.0 Å². The summed E-state index contributed by atoms with van der Waals surface area (Å²) < 4.78 is 0. The third-order valence-electron chi connectivity index (χ3n) is 4.78. The van der Waals surface area contributed by atoms with E-state index in [1.807, 2.05) is 43.0 Å². The average Bonchev–Trinajstić information content (AvgIpc) is 2.91. The van der Waals surface area contributed by atoms with E-state index in [0.717, 1.165) is 36.9 Å². The van der Waals surface area contributed by atoms with Crippen molar-refractivity contribution in [2.75, 3.05) is 11.4 Å². The molecule has 1 heterocycles. The van der Waals surface area contributed by atoms with E-state index in [1.165, 1.54) is 0 Å². The smallest absolute Gasteiger partial charge is 0.237 e. The first-order chi connectivity index (χ1) is 9.51. The molecular weight excluding hydrogens is 250 g/mol. The number of fused-ring (bicyclic) bond motifs is 1. The fraction of sp³-hybridized carbons (Fsp3) is 0.529. The second kappa shape index (κ2) is 4.72. The second-order valence-electron chi connectivity index (χ2n) is 6.44. The number of carbonyl (C=O) groups excluding carboxylic acids is 2. The summed E-state index contributed by atoms with van der Waals surface area (Å²) in [5, 5.41) is 0. The maximum absolute atomic E-state index is 12.6. The van der Waals surface area contributed by atoms with E-state index in [2.05, 4.69) is 0 Å². The molecule has 1 amide bonds. The standard InChI is InChI=1S/C17H21NO2/c1-17(2)13-7-3-4-8-14(13)18(16(17)20)11-10-12-6-5-9-15(12)19/h3-4,7-8,12H,5-6,9-11H2,1-2H3. The monoisotopic (exact) mass is 271 g/mol. The van der Waals surface area contributed by atoms with E-state index >= 15 is 0 Å². The molecule has 1 saturated carbocycles. The Morgan fingerprint density at radius 2 is 2.00 bits per heavy atom. The zero-order valence-electron chi connectivity index (χ0n) is 12.2. The van der Waals surface area contributed by atoms with Crippen LogP contribution in [0, 0.1) is 5.92 Å². The van der Waals surface area contributed by atoms with E-state index in [4.69, 9.17) is 0 Å². The maximum Gasteiger partial charge on any atom is 0.237 e. The minimum absolute atomic E-state index is 0.157. The van der Waals surface area contributed by atoms with Crippen LogP contribution in [0.5, 0.6) is 0 Å². The number of rotatable bonds is 3. The molecule has 0 spiro atoms. The minimum Gasteiger partial charge on any atom is -0.311 e. The van der Waals surface area contributed by atoms with E-state index in [-0.39, 0.29) is 11.8 Å². The van der Waals surface area contributed by atoms with Gasteiger partial charge in [-0.2, -0.15) is 0 Å². The highest BCUT2D eigenvalue weighted by atomic mass is 16.2. The number of carbonyl (C=O) groups is 2. The summed E-state index contributed by atoms with van der Waals surface area (Å²) in [6, 6.07) is 8.01. The molecule has 2 aliphatic rings. The Hall–Kier alpha value is -1.64. The molecule has 1 fully saturated rings. The van der Waals surface area contributed by atoms with Crippen molar-refractivity contribution in [1.29, 1.82) is 0 Å². The predicted molar refractivity (Wildman–Crippen MR) is 78.8 cm³/mol. The van der Waals surface area contributed by atoms with Gasteiger partial charge in [-0.25, -0.2) is 0 Å². The lowest BCUT2D eigenvalue weighted by molar-refractivity contribution is -0.123. The van der Waals surface area contributed by atoms with Crippen LogP contribution in [0.1, 0.15) is 45.1 Å². The molecule has 3 heteroatoms. The topological polar surface area (TPSA) is 37.4 Å². The number of nitrogens with zero attached hydrogens (tertiary/aromatic N) is 1.